The van der Waals surface area contributed by atoms with Gasteiger partial charge in [0.15, 0.2) is 0 Å². The highest BCUT2D eigenvalue weighted by molar-refractivity contribution is 5.82. The van der Waals surface area contributed by atoms with Crippen molar-refractivity contribution in [1.82, 2.24) is 4.98 Å². The van der Waals surface area contributed by atoms with E-state index in [-0.39, 0.29) is 11.6 Å². The number of hydrogen-bond acceptors (Lipinski definition) is 4. The standard InChI is InChI=1S/C10H13F3N4O/c1-5(9(14)18)16-8-4-6(10(11,12)13)3-7(15-2)17-8/h3-5H,1-2H3,(H2,14,18)(H2,15,16,17). The van der Waals surface area contributed by atoms with E-state index in [9.17, 15) is 18.0 Å². The molecule has 1 aromatic heterocycles. The molecule has 5 nitrogen and oxygen atoms in total. The van der Waals surface area contributed by atoms with Crippen LogP contribution in [0.2, 0.25) is 0 Å². The number of nitrogens with zero attached hydrogens (tertiary/aromatic N) is 1. The number of aromatic nitrogens is 1. The first-order valence-corrected chi connectivity index (χ1v) is 5.07. The Bertz CT molecular complexity index is 447. The summed E-state index contributed by atoms with van der Waals surface area (Å²) in [5.41, 5.74) is 4.15. The van der Waals surface area contributed by atoms with Crippen molar-refractivity contribution in [2.24, 2.45) is 5.73 Å². The highest BCUT2D eigenvalue weighted by Gasteiger charge is 2.31. The van der Waals surface area contributed by atoms with Crippen LogP contribution >= 0.6 is 0 Å². The molecule has 0 fully saturated rings. The van der Waals surface area contributed by atoms with Crippen molar-refractivity contribution in [1.29, 1.82) is 0 Å². The fraction of sp³-hybridized carbons (Fsp3) is 0.400. The monoisotopic (exact) mass is 262 g/mol. The zero-order valence-electron chi connectivity index (χ0n) is 9.80. The highest BCUT2D eigenvalue weighted by Crippen LogP contribution is 2.32. The van der Waals surface area contributed by atoms with Gasteiger partial charge in [0, 0.05) is 7.05 Å². The Morgan fingerprint density at radius 3 is 2.39 bits per heavy atom. The van der Waals surface area contributed by atoms with E-state index in [4.69, 9.17) is 5.73 Å². The third-order valence-electron chi connectivity index (χ3n) is 2.20. The van der Waals surface area contributed by atoms with Gasteiger partial charge in [-0.1, -0.05) is 0 Å². The Morgan fingerprint density at radius 1 is 1.39 bits per heavy atom. The minimum atomic E-state index is -4.49. The van der Waals surface area contributed by atoms with Crippen molar-refractivity contribution in [3.8, 4) is 0 Å². The van der Waals surface area contributed by atoms with Gasteiger partial charge in [-0.3, -0.25) is 4.79 Å². The highest BCUT2D eigenvalue weighted by atomic mass is 19.4. The maximum absolute atomic E-state index is 12.6. The normalized spacial score (nSPS) is 12.9. The van der Waals surface area contributed by atoms with Crippen molar-refractivity contribution in [3.63, 3.8) is 0 Å². The van der Waals surface area contributed by atoms with E-state index in [1.54, 1.807) is 0 Å². The largest absolute Gasteiger partial charge is 0.416 e. The molecule has 8 heteroatoms. The first kappa shape index (κ1) is 14.1. The number of rotatable bonds is 4. The minimum absolute atomic E-state index is 0.0454. The zero-order valence-corrected chi connectivity index (χ0v) is 9.80. The summed E-state index contributed by atoms with van der Waals surface area (Å²) < 4.78 is 37.8. The molecule has 0 spiro atoms. The molecule has 0 bridgehead atoms. The Morgan fingerprint density at radius 2 is 1.94 bits per heavy atom. The van der Waals surface area contributed by atoms with E-state index < -0.39 is 23.7 Å². The zero-order chi connectivity index (χ0) is 13.9. The van der Waals surface area contributed by atoms with E-state index in [0.29, 0.717) is 0 Å². The lowest BCUT2D eigenvalue weighted by Crippen LogP contribution is -2.32. The molecule has 4 N–H and O–H groups in total. The SMILES string of the molecule is CNc1cc(C(F)(F)F)cc(NC(C)C(N)=O)n1. The Labute approximate surface area is 102 Å². The number of nitrogens with two attached hydrogens (primary N) is 1. The van der Waals surface area contributed by atoms with Crippen molar-refractivity contribution >= 4 is 17.5 Å². The number of nitrogens with one attached hydrogen (secondary N) is 2. The molecule has 0 aliphatic heterocycles. The van der Waals surface area contributed by atoms with Crippen LogP contribution in [0.25, 0.3) is 0 Å². The summed E-state index contributed by atoms with van der Waals surface area (Å²) >= 11 is 0. The molecule has 1 aromatic rings. The van der Waals surface area contributed by atoms with Gasteiger partial charge in [-0.2, -0.15) is 13.2 Å². The van der Waals surface area contributed by atoms with Gasteiger partial charge in [0.05, 0.1) is 5.56 Å². The second-order valence-corrected chi connectivity index (χ2v) is 3.64. The van der Waals surface area contributed by atoms with E-state index >= 15 is 0 Å². The van der Waals surface area contributed by atoms with Gasteiger partial charge in [-0.05, 0) is 19.1 Å². The fourth-order valence-corrected chi connectivity index (χ4v) is 1.19. The minimum Gasteiger partial charge on any atom is -0.373 e. The van der Waals surface area contributed by atoms with E-state index in [1.807, 2.05) is 0 Å². The van der Waals surface area contributed by atoms with Crippen LogP contribution in [0, 0.1) is 0 Å². The van der Waals surface area contributed by atoms with Gasteiger partial charge < -0.3 is 16.4 Å². The van der Waals surface area contributed by atoms with Crippen LogP contribution in [-0.4, -0.2) is 24.0 Å². The number of anilines is 2. The van der Waals surface area contributed by atoms with Gasteiger partial charge >= 0.3 is 6.18 Å². The lowest BCUT2D eigenvalue weighted by atomic mass is 10.2. The molecule has 1 rings (SSSR count). The predicted octanol–water partition coefficient (Wildman–Crippen LogP) is 1.43. The molecule has 0 aliphatic carbocycles. The maximum Gasteiger partial charge on any atom is 0.416 e. The predicted molar refractivity (Wildman–Crippen MR) is 61.1 cm³/mol. The molecule has 0 saturated heterocycles. The van der Waals surface area contributed by atoms with Crippen LogP contribution in [-0.2, 0) is 11.0 Å². The third-order valence-corrected chi connectivity index (χ3v) is 2.20. The molecule has 0 saturated carbocycles. The Kier molecular flexibility index (Phi) is 4.00. The Hall–Kier alpha value is -1.99. The lowest BCUT2D eigenvalue weighted by Gasteiger charge is -2.14. The van der Waals surface area contributed by atoms with Crippen LogP contribution in [0.15, 0.2) is 12.1 Å². The fourth-order valence-electron chi connectivity index (χ4n) is 1.19. The smallest absolute Gasteiger partial charge is 0.373 e. The number of carbonyl (C=O) groups excluding carboxylic acids is 1. The molecule has 0 aromatic carbocycles. The van der Waals surface area contributed by atoms with Crippen LogP contribution in [0.5, 0.6) is 0 Å². The molecule has 1 atom stereocenters. The quantitative estimate of drug-likeness (QED) is 0.766. The third kappa shape index (κ3) is 3.51. The van der Waals surface area contributed by atoms with Crippen molar-refractivity contribution in [2.45, 2.75) is 19.1 Å². The summed E-state index contributed by atoms with van der Waals surface area (Å²) in [6.45, 7) is 1.43. The van der Waals surface area contributed by atoms with Crippen molar-refractivity contribution in [3.05, 3.63) is 17.7 Å². The molecular weight excluding hydrogens is 249 g/mol. The summed E-state index contributed by atoms with van der Waals surface area (Å²) in [4.78, 5) is 14.7. The van der Waals surface area contributed by atoms with E-state index in [0.717, 1.165) is 12.1 Å². The van der Waals surface area contributed by atoms with E-state index in [2.05, 4.69) is 15.6 Å². The summed E-state index contributed by atoms with van der Waals surface area (Å²) in [6.07, 6.45) is -4.49. The molecule has 1 amide bonds. The average Bonchev–Trinajstić information content (AvgIpc) is 2.27. The molecule has 0 radical (unpaired) electrons. The molecule has 1 unspecified atom stereocenters. The lowest BCUT2D eigenvalue weighted by molar-refractivity contribution is -0.137. The van der Waals surface area contributed by atoms with Gasteiger partial charge in [-0.25, -0.2) is 4.98 Å². The summed E-state index contributed by atoms with van der Waals surface area (Å²) in [5.74, 6) is -0.704. The van der Waals surface area contributed by atoms with Crippen LogP contribution < -0.4 is 16.4 Å². The average molecular weight is 262 g/mol. The molecule has 18 heavy (non-hydrogen) atoms. The topological polar surface area (TPSA) is 80.0 Å². The van der Waals surface area contributed by atoms with Crippen molar-refractivity contribution in [2.75, 3.05) is 17.7 Å². The Balaban J connectivity index is 3.09. The molecule has 100 valence electrons. The van der Waals surface area contributed by atoms with Crippen LogP contribution in [0.4, 0.5) is 24.8 Å². The molecular formula is C10H13F3N4O. The van der Waals surface area contributed by atoms with Gasteiger partial charge in [0.25, 0.3) is 0 Å². The first-order valence-electron chi connectivity index (χ1n) is 5.07. The van der Waals surface area contributed by atoms with Crippen LogP contribution in [0.1, 0.15) is 12.5 Å². The summed E-state index contributed by atoms with van der Waals surface area (Å²) in [6, 6.07) is 0.881. The summed E-state index contributed by atoms with van der Waals surface area (Å²) in [7, 11) is 1.45. The number of amides is 1. The molecule has 0 aliphatic rings. The van der Waals surface area contributed by atoms with E-state index in [1.165, 1.54) is 14.0 Å². The second kappa shape index (κ2) is 5.11. The first-order chi connectivity index (χ1) is 8.24. The summed E-state index contributed by atoms with van der Waals surface area (Å²) in [5, 5.41) is 5.02. The number of alkyl halides is 3. The van der Waals surface area contributed by atoms with Crippen molar-refractivity contribution < 1.29 is 18.0 Å². The van der Waals surface area contributed by atoms with Gasteiger partial charge in [0.1, 0.15) is 17.7 Å². The molecule has 1 heterocycles. The number of halogens is 3. The number of primary amides is 1. The maximum atomic E-state index is 12.6. The number of carbonyl (C=O) groups is 1. The number of hydrogen-bond donors (Lipinski definition) is 3. The number of pyridine rings is 1. The van der Waals surface area contributed by atoms with Gasteiger partial charge in [0.2, 0.25) is 5.91 Å². The van der Waals surface area contributed by atoms with Gasteiger partial charge in [-0.15, -0.1) is 0 Å². The van der Waals surface area contributed by atoms with Crippen LogP contribution in [0.3, 0.4) is 0 Å². The second-order valence-electron chi connectivity index (χ2n) is 3.64.